The van der Waals surface area contributed by atoms with E-state index < -0.39 is 12.0 Å². The molecule has 1 atom stereocenters. The lowest BCUT2D eigenvalue weighted by Gasteiger charge is -2.13. The maximum atomic E-state index is 13.6. The molecule has 0 radical (unpaired) electrons. The molecule has 0 saturated carbocycles. The molecule has 0 aliphatic carbocycles. The van der Waals surface area contributed by atoms with Crippen molar-refractivity contribution in [1.29, 1.82) is 0 Å². The summed E-state index contributed by atoms with van der Waals surface area (Å²) in [6.07, 6.45) is -1.35. The normalized spacial score (nSPS) is 12.6. The van der Waals surface area contributed by atoms with Gasteiger partial charge in [0.1, 0.15) is 17.7 Å². The number of benzene rings is 1. The molecule has 1 aromatic carbocycles. The van der Waals surface area contributed by atoms with Crippen molar-refractivity contribution in [3.63, 3.8) is 0 Å². The van der Waals surface area contributed by atoms with Crippen LogP contribution in [0.25, 0.3) is 0 Å². The predicted molar refractivity (Wildman–Crippen MR) is 58.2 cm³/mol. The number of hydrogen-bond donors (Lipinski definition) is 1. The van der Waals surface area contributed by atoms with E-state index in [4.69, 9.17) is 10.5 Å². The van der Waals surface area contributed by atoms with Crippen molar-refractivity contribution in [2.75, 3.05) is 13.7 Å². The molecule has 0 heterocycles. The number of hydrogen-bond acceptors (Lipinski definition) is 2. The number of nitrogens with two attached hydrogens (primary N) is 1. The number of halogens is 3. The van der Waals surface area contributed by atoms with Crippen molar-refractivity contribution in [1.82, 2.24) is 0 Å². The summed E-state index contributed by atoms with van der Waals surface area (Å²) in [5.41, 5.74) is 5.16. The molecular formula is C10H12BrF2NO. The highest BCUT2D eigenvalue weighted by molar-refractivity contribution is 9.10. The lowest BCUT2D eigenvalue weighted by atomic mass is 10.1. The summed E-state index contributed by atoms with van der Waals surface area (Å²) < 4.78 is 32.5. The Hall–Kier alpha value is -0.680. The second kappa shape index (κ2) is 5.42. The fourth-order valence-electron chi connectivity index (χ4n) is 1.32. The predicted octanol–water partition coefficient (Wildman–Crippen LogP) is 2.96. The first-order valence-corrected chi connectivity index (χ1v) is 5.26. The molecule has 0 aromatic heterocycles. The average molecular weight is 280 g/mol. The van der Waals surface area contributed by atoms with Gasteiger partial charge in [0.25, 0.3) is 0 Å². The van der Waals surface area contributed by atoms with Gasteiger partial charge in [0.15, 0.2) is 0 Å². The third-order valence-corrected chi connectivity index (χ3v) is 2.47. The molecular weight excluding hydrogens is 268 g/mol. The quantitative estimate of drug-likeness (QED) is 0.920. The number of alkyl halides is 1. The van der Waals surface area contributed by atoms with Crippen LogP contribution in [0.1, 0.15) is 18.2 Å². The summed E-state index contributed by atoms with van der Waals surface area (Å²) in [4.78, 5) is 0. The minimum Gasteiger partial charge on any atom is -0.496 e. The van der Waals surface area contributed by atoms with E-state index in [1.54, 1.807) is 0 Å². The van der Waals surface area contributed by atoms with Crippen molar-refractivity contribution in [2.24, 2.45) is 5.73 Å². The Morgan fingerprint density at radius 1 is 1.53 bits per heavy atom. The van der Waals surface area contributed by atoms with Crippen LogP contribution in [-0.2, 0) is 0 Å². The number of ether oxygens (including phenoxy) is 1. The van der Waals surface area contributed by atoms with Crippen LogP contribution in [0.3, 0.4) is 0 Å². The van der Waals surface area contributed by atoms with Gasteiger partial charge in [0, 0.05) is 4.47 Å². The highest BCUT2D eigenvalue weighted by Gasteiger charge is 2.20. The average Bonchev–Trinajstić information content (AvgIpc) is 2.16. The Kier molecular flexibility index (Phi) is 4.47. The fraction of sp³-hybridized carbons (Fsp3) is 0.400. The zero-order valence-corrected chi connectivity index (χ0v) is 9.85. The van der Waals surface area contributed by atoms with E-state index >= 15 is 0 Å². The highest BCUT2D eigenvalue weighted by Crippen LogP contribution is 2.34. The SMILES string of the molecule is COc1cc(Br)cc(F)c1C(F)CCN. The van der Waals surface area contributed by atoms with Crippen LogP contribution >= 0.6 is 15.9 Å². The summed E-state index contributed by atoms with van der Waals surface area (Å²) in [6.45, 7) is 0.166. The van der Waals surface area contributed by atoms with Gasteiger partial charge < -0.3 is 10.5 Å². The zero-order chi connectivity index (χ0) is 11.4. The molecule has 15 heavy (non-hydrogen) atoms. The highest BCUT2D eigenvalue weighted by atomic mass is 79.9. The van der Waals surface area contributed by atoms with Gasteiger partial charge in [-0.1, -0.05) is 15.9 Å². The van der Waals surface area contributed by atoms with Gasteiger partial charge in [-0.15, -0.1) is 0 Å². The van der Waals surface area contributed by atoms with Crippen molar-refractivity contribution < 1.29 is 13.5 Å². The first kappa shape index (κ1) is 12.4. The van der Waals surface area contributed by atoms with Crippen molar-refractivity contribution in [3.8, 4) is 5.75 Å². The first-order valence-electron chi connectivity index (χ1n) is 4.47. The van der Waals surface area contributed by atoms with E-state index in [0.717, 1.165) is 0 Å². The minimum absolute atomic E-state index is 0.0637. The number of rotatable bonds is 4. The van der Waals surface area contributed by atoms with E-state index in [0.29, 0.717) is 4.47 Å². The Balaban J connectivity index is 3.14. The molecule has 0 fully saturated rings. The van der Waals surface area contributed by atoms with Crippen molar-refractivity contribution in [3.05, 3.63) is 28.0 Å². The molecule has 0 saturated heterocycles. The molecule has 1 unspecified atom stereocenters. The fourth-order valence-corrected chi connectivity index (χ4v) is 1.73. The van der Waals surface area contributed by atoms with Gasteiger partial charge in [-0.05, 0) is 25.1 Å². The second-order valence-corrected chi connectivity index (χ2v) is 3.96. The standard InChI is InChI=1S/C10H12BrF2NO/c1-15-9-5-6(11)4-8(13)10(9)7(12)2-3-14/h4-5,7H,2-3,14H2,1H3. The summed E-state index contributed by atoms with van der Waals surface area (Å²) in [5.74, 6) is -0.426. The molecule has 0 aliphatic rings. The maximum Gasteiger partial charge on any atom is 0.134 e. The summed E-state index contributed by atoms with van der Waals surface area (Å²) in [5, 5.41) is 0. The Bertz CT molecular complexity index is 346. The molecule has 0 amide bonds. The van der Waals surface area contributed by atoms with Crippen LogP contribution in [0.4, 0.5) is 8.78 Å². The van der Waals surface area contributed by atoms with E-state index in [1.165, 1.54) is 19.2 Å². The largest absolute Gasteiger partial charge is 0.496 e. The van der Waals surface area contributed by atoms with Gasteiger partial charge in [-0.2, -0.15) is 0 Å². The molecule has 84 valence electrons. The molecule has 1 aromatic rings. The summed E-state index contributed by atoms with van der Waals surface area (Å²) >= 11 is 3.11. The third kappa shape index (κ3) is 2.89. The van der Waals surface area contributed by atoms with Gasteiger partial charge in [0.05, 0.1) is 12.7 Å². The number of methoxy groups -OCH3 is 1. The topological polar surface area (TPSA) is 35.2 Å². The molecule has 0 aliphatic heterocycles. The Morgan fingerprint density at radius 3 is 2.73 bits per heavy atom. The Morgan fingerprint density at radius 2 is 2.20 bits per heavy atom. The maximum absolute atomic E-state index is 13.6. The first-order chi connectivity index (χ1) is 7.10. The van der Waals surface area contributed by atoms with E-state index in [9.17, 15) is 8.78 Å². The molecule has 5 heteroatoms. The zero-order valence-electron chi connectivity index (χ0n) is 8.27. The molecule has 1 rings (SSSR count). The van der Waals surface area contributed by atoms with Gasteiger partial charge in [-0.3, -0.25) is 0 Å². The van der Waals surface area contributed by atoms with Crippen LogP contribution in [0, 0.1) is 5.82 Å². The molecule has 2 N–H and O–H groups in total. The third-order valence-electron chi connectivity index (χ3n) is 2.01. The van der Waals surface area contributed by atoms with Gasteiger partial charge in [-0.25, -0.2) is 8.78 Å². The smallest absolute Gasteiger partial charge is 0.134 e. The van der Waals surface area contributed by atoms with Gasteiger partial charge >= 0.3 is 0 Å². The summed E-state index contributed by atoms with van der Waals surface area (Å²) in [7, 11) is 1.37. The monoisotopic (exact) mass is 279 g/mol. The van der Waals surface area contributed by atoms with E-state index in [2.05, 4.69) is 15.9 Å². The van der Waals surface area contributed by atoms with Crippen LogP contribution in [-0.4, -0.2) is 13.7 Å². The second-order valence-electron chi connectivity index (χ2n) is 3.05. The van der Waals surface area contributed by atoms with Crippen LogP contribution < -0.4 is 10.5 Å². The van der Waals surface area contributed by atoms with E-state index in [-0.39, 0.29) is 24.3 Å². The lowest BCUT2D eigenvalue weighted by Crippen LogP contribution is -2.06. The summed E-state index contributed by atoms with van der Waals surface area (Å²) in [6, 6.07) is 2.74. The van der Waals surface area contributed by atoms with Crippen molar-refractivity contribution >= 4 is 15.9 Å². The van der Waals surface area contributed by atoms with E-state index in [1.807, 2.05) is 0 Å². The van der Waals surface area contributed by atoms with Crippen molar-refractivity contribution in [2.45, 2.75) is 12.6 Å². The van der Waals surface area contributed by atoms with Gasteiger partial charge in [0.2, 0.25) is 0 Å². The van der Waals surface area contributed by atoms with Crippen LogP contribution in [0.2, 0.25) is 0 Å². The van der Waals surface area contributed by atoms with Crippen LogP contribution in [0.5, 0.6) is 5.75 Å². The Labute approximate surface area is 95.5 Å². The minimum atomic E-state index is -1.43. The van der Waals surface area contributed by atoms with Crippen LogP contribution in [0.15, 0.2) is 16.6 Å². The lowest BCUT2D eigenvalue weighted by molar-refractivity contribution is 0.300. The molecule has 2 nitrogen and oxygen atoms in total. The molecule has 0 spiro atoms. The molecule has 0 bridgehead atoms.